The summed E-state index contributed by atoms with van der Waals surface area (Å²) in [7, 11) is 0. The molecule has 1 aromatic heterocycles. The number of H-pyrrole nitrogens is 1. The van der Waals surface area contributed by atoms with Crippen LogP contribution < -0.4 is 0 Å². The third kappa shape index (κ3) is 5.11. The van der Waals surface area contributed by atoms with Gasteiger partial charge in [-0.2, -0.15) is 5.10 Å². The van der Waals surface area contributed by atoms with E-state index in [0.29, 0.717) is 12.1 Å². The molecule has 5 heteroatoms. The van der Waals surface area contributed by atoms with Crippen molar-refractivity contribution >= 4 is 6.08 Å². The summed E-state index contributed by atoms with van der Waals surface area (Å²) in [4.78, 5) is 0. The number of aromatic nitrogens is 2. The molecule has 134 valence electrons. The van der Waals surface area contributed by atoms with Gasteiger partial charge in [0.2, 0.25) is 0 Å². The Morgan fingerprint density at radius 2 is 1.92 bits per heavy atom. The molecule has 25 heavy (non-hydrogen) atoms. The third-order valence-corrected chi connectivity index (χ3v) is 3.97. The number of aliphatic hydroxyl groups is 2. The van der Waals surface area contributed by atoms with Crippen LogP contribution in [0, 0.1) is 5.82 Å². The summed E-state index contributed by atoms with van der Waals surface area (Å²) in [6, 6.07) is 6.15. The van der Waals surface area contributed by atoms with Crippen molar-refractivity contribution in [2.75, 3.05) is 0 Å². The van der Waals surface area contributed by atoms with E-state index in [1.165, 1.54) is 12.1 Å². The minimum atomic E-state index is -0.772. The largest absolute Gasteiger partial charge is 0.393 e. The van der Waals surface area contributed by atoms with Gasteiger partial charge in [-0.25, -0.2) is 4.39 Å². The second-order valence-electron chi connectivity index (χ2n) is 6.40. The zero-order valence-corrected chi connectivity index (χ0v) is 14.6. The maximum absolute atomic E-state index is 13.2. The van der Waals surface area contributed by atoms with Crippen LogP contribution in [0.2, 0.25) is 0 Å². The van der Waals surface area contributed by atoms with E-state index in [4.69, 9.17) is 0 Å². The first-order chi connectivity index (χ1) is 11.9. The van der Waals surface area contributed by atoms with Crippen molar-refractivity contribution in [3.8, 4) is 11.3 Å². The Morgan fingerprint density at radius 1 is 1.24 bits per heavy atom. The van der Waals surface area contributed by atoms with E-state index in [2.05, 4.69) is 16.8 Å². The highest BCUT2D eigenvalue weighted by Crippen LogP contribution is 2.29. The van der Waals surface area contributed by atoms with Crippen molar-refractivity contribution < 1.29 is 14.6 Å². The molecule has 4 nitrogen and oxygen atoms in total. The van der Waals surface area contributed by atoms with Gasteiger partial charge in [0.15, 0.2) is 0 Å². The number of nitrogens with zero attached hydrogens (tertiary/aromatic N) is 1. The number of hydrogen-bond donors (Lipinski definition) is 3. The molecular weight excluding hydrogens is 319 g/mol. The van der Waals surface area contributed by atoms with Crippen LogP contribution in [-0.2, 0) is 0 Å². The number of aromatic amines is 1. The van der Waals surface area contributed by atoms with Gasteiger partial charge in [0.25, 0.3) is 0 Å². The smallest absolute Gasteiger partial charge is 0.123 e. The normalized spacial score (nSPS) is 14.2. The lowest BCUT2D eigenvalue weighted by Gasteiger charge is -2.11. The van der Waals surface area contributed by atoms with Gasteiger partial charge >= 0.3 is 0 Å². The first kappa shape index (κ1) is 19.1. The Bertz CT molecular complexity index is 720. The fourth-order valence-electron chi connectivity index (χ4n) is 2.65. The summed E-state index contributed by atoms with van der Waals surface area (Å²) < 4.78 is 13.2. The molecule has 2 aromatic rings. The highest BCUT2D eigenvalue weighted by atomic mass is 19.1. The highest BCUT2D eigenvalue weighted by molar-refractivity contribution is 5.73. The Labute approximate surface area is 147 Å². The quantitative estimate of drug-likeness (QED) is 0.633. The fourth-order valence-corrected chi connectivity index (χ4v) is 2.65. The Hall–Kier alpha value is -2.24. The Kier molecular flexibility index (Phi) is 6.67. The van der Waals surface area contributed by atoms with Gasteiger partial charge in [0, 0.05) is 23.2 Å². The molecule has 0 spiro atoms. The molecule has 0 fully saturated rings. The van der Waals surface area contributed by atoms with Crippen molar-refractivity contribution in [2.24, 2.45) is 0 Å². The molecule has 1 heterocycles. The van der Waals surface area contributed by atoms with E-state index < -0.39 is 12.2 Å². The molecular formula is C20H25FN2O2. The van der Waals surface area contributed by atoms with E-state index in [-0.39, 0.29) is 18.2 Å². The van der Waals surface area contributed by atoms with Gasteiger partial charge in [-0.3, -0.25) is 5.10 Å². The zero-order chi connectivity index (χ0) is 18.4. The van der Waals surface area contributed by atoms with Crippen molar-refractivity contribution in [1.29, 1.82) is 0 Å². The Balaban J connectivity index is 2.28. The van der Waals surface area contributed by atoms with Gasteiger partial charge in [-0.15, -0.1) is 6.58 Å². The van der Waals surface area contributed by atoms with Gasteiger partial charge in [-0.1, -0.05) is 32.1 Å². The predicted molar refractivity (Wildman–Crippen MR) is 98.5 cm³/mol. The summed E-state index contributed by atoms with van der Waals surface area (Å²) in [5, 5.41) is 27.3. The highest BCUT2D eigenvalue weighted by Gasteiger charge is 2.16. The minimum Gasteiger partial charge on any atom is -0.393 e. The SMILES string of the molecule is C=CC[C@H](O)C[C@H](O)/C=C/c1c(-c2ccc(F)cc2)n[nH]c1C(C)C. The lowest BCUT2D eigenvalue weighted by Crippen LogP contribution is -2.14. The number of nitrogens with one attached hydrogen (secondary N) is 1. The number of benzene rings is 1. The predicted octanol–water partition coefficient (Wildman–Crippen LogP) is 4.04. The van der Waals surface area contributed by atoms with Gasteiger partial charge < -0.3 is 10.2 Å². The summed E-state index contributed by atoms with van der Waals surface area (Å²) in [5.74, 6) is -0.0862. The van der Waals surface area contributed by atoms with Crippen LogP contribution in [0.4, 0.5) is 4.39 Å². The van der Waals surface area contributed by atoms with Crippen LogP contribution in [0.5, 0.6) is 0 Å². The third-order valence-electron chi connectivity index (χ3n) is 3.97. The number of rotatable bonds is 8. The van der Waals surface area contributed by atoms with Crippen molar-refractivity contribution in [1.82, 2.24) is 10.2 Å². The molecule has 0 radical (unpaired) electrons. The lowest BCUT2D eigenvalue weighted by molar-refractivity contribution is 0.106. The van der Waals surface area contributed by atoms with Crippen LogP contribution >= 0.6 is 0 Å². The molecule has 0 aliphatic carbocycles. The lowest BCUT2D eigenvalue weighted by atomic mass is 9.99. The van der Waals surface area contributed by atoms with E-state index in [0.717, 1.165) is 16.8 Å². The monoisotopic (exact) mass is 344 g/mol. The van der Waals surface area contributed by atoms with E-state index in [9.17, 15) is 14.6 Å². The van der Waals surface area contributed by atoms with Crippen LogP contribution in [-0.4, -0.2) is 32.6 Å². The second-order valence-corrected chi connectivity index (χ2v) is 6.40. The van der Waals surface area contributed by atoms with Crippen LogP contribution in [0.15, 0.2) is 43.0 Å². The minimum absolute atomic E-state index is 0.213. The molecule has 3 N–H and O–H groups in total. The molecule has 0 unspecified atom stereocenters. The number of hydrogen-bond acceptors (Lipinski definition) is 3. The summed E-state index contributed by atoms with van der Waals surface area (Å²) in [6.45, 7) is 7.67. The van der Waals surface area contributed by atoms with Crippen molar-refractivity contribution in [3.05, 3.63) is 60.1 Å². The van der Waals surface area contributed by atoms with E-state index in [1.807, 2.05) is 19.9 Å². The second kappa shape index (κ2) is 8.74. The first-order valence-corrected chi connectivity index (χ1v) is 8.41. The molecule has 0 bridgehead atoms. The number of aliphatic hydroxyl groups excluding tert-OH is 2. The number of halogens is 1. The van der Waals surface area contributed by atoms with Crippen molar-refractivity contribution in [2.45, 2.75) is 44.8 Å². The standard InChI is InChI=1S/C20H25FN2O2/c1-4-5-16(24)12-17(25)10-11-18-19(13(2)3)22-23-20(18)14-6-8-15(21)9-7-14/h4,6-11,13,16-17,24-25H,1,5,12H2,2-3H3,(H,22,23)/b11-10+/t16-,17+/m0/s1. The van der Waals surface area contributed by atoms with Crippen LogP contribution in [0.3, 0.4) is 0 Å². The van der Waals surface area contributed by atoms with Crippen molar-refractivity contribution in [3.63, 3.8) is 0 Å². The Morgan fingerprint density at radius 3 is 2.52 bits per heavy atom. The molecule has 2 rings (SSSR count). The average molecular weight is 344 g/mol. The van der Waals surface area contributed by atoms with Gasteiger partial charge in [-0.05, 0) is 36.6 Å². The maximum Gasteiger partial charge on any atom is 0.123 e. The molecule has 0 aliphatic heterocycles. The topological polar surface area (TPSA) is 69.1 Å². The maximum atomic E-state index is 13.2. The fraction of sp³-hybridized carbons (Fsp3) is 0.350. The van der Waals surface area contributed by atoms with E-state index in [1.54, 1.807) is 24.3 Å². The average Bonchev–Trinajstić information content (AvgIpc) is 2.98. The van der Waals surface area contributed by atoms with Crippen LogP contribution in [0.1, 0.15) is 43.9 Å². The summed E-state index contributed by atoms with van der Waals surface area (Å²) in [5.41, 5.74) is 3.30. The summed E-state index contributed by atoms with van der Waals surface area (Å²) in [6.07, 6.45) is 4.37. The molecule has 0 amide bonds. The zero-order valence-electron chi connectivity index (χ0n) is 14.6. The molecule has 0 saturated carbocycles. The molecule has 0 saturated heterocycles. The van der Waals surface area contributed by atoms with Gasteiger partial charge in [0.1, 0.15) is 5.82 Å². The summed E-state index contributed by atoms with van der Waals surface area (Å²) >= 11 is 0. The molecule has 0 aliphatic rings. The van der Waals surface area contributed by atoms with E-state index >= 15 is 0 Å². The first-order valence-electron chi connectivity index (χ1n) is 8.41. The van der Waals surface area contributed by atoms with Gasteiger partial charge in [0.05, 0.1) is 17.9 Å². The molecule has 1 aromatic carbocycles. The van der Waals surface area contributed by atoms with Crippen LogP contribution in [0.25, 0.3) is 17.3 Å². The molecule has 2 atom stereocenters.